The fourth-order valence-electron chi connectivity index (χ4n) is 3.22. The van der Waals surface area contributed by atoms with Gasteiger partial charge in [-0.05, 0) is 32.0 Å². The van der Waals surface area contributed by atoms with E-state index in [0.29, 0.717) is 33.3 Å². The van der Waals surface area contributed by atoms with Gasteiger partial charge in [0.15, 0.2) is 15.7 Å². The summed E-state index contributed by atoms with van der Waals surface area (Å²) in [5.74, 6) is -0.193. The second kappa shape index (κ2) is 6.55. The summed E-state index contributed by atoms with van der Waals surface area (Å²) in [5.41, 5.74) is 7.35. The van der Waals surface area contributed by atoms with Crippen LogP contribution in [0.15, 0.2) is 35.5 Å². The number of nitrogens with zero attached hydrogens (tertiary/aromatic N) is 4. The van der Waals surface area contributed by atoms with E-state index in [1.54, 1.807) is 18.3 Å². The molecule has 1 aromatic carbocycles. The highest BCUT2D eigenvalue weighted by molar-refractivity contribution is 7.90. The number of rotatable bonds is 5. The predicted octanol–water partition coefficient (Wildman–Crippen LogP) is 2.13. The average Bonchev–Trinajstić information content (AvgIpc) is 3.28. The molecule has 0 atom stereocenters. The lowest BCUT2D eigenvalue weighted by atomic mass is 10.1. The highest BCUT2D eigenvalue weighted by Gasteiger charge is 2.20. The van der Waals surface area contributed by atoms with Crippen molar-refractivity contribution in [1.82, 2.24) is 25.0 Å². The van der Waals surface area contributed by atoms with Crippen molar-refractivity contribution in [3.05, 3.63) is 36.3 Å². The Morgan fingerprint density at radius 2 is 2.00 bits per heavy atom. The van der Waals surface area contributed by atoms with E-state index in [1.165, 1.54) is 16.9 Å². The molecule has 0 spiro atoms. The van der Waals surface area contributed by atoms with Crippen LogP contribution in [0.25, 0.3) is 21.8 Å². The lowest BCUT2D eigenvalue weighted by Crippen LogP contribution is -2.20. The van der Waals surface area contributed by atoms with Gasteiger partial charge < -0.3 is 11.1 Å². The summed E-state index contributed by atoms with van der Waals surface area (Å²) in [6, 6.07) is 4.66. The number of fused-ring (bicyclic) bond motifs is 3. The van der Waals surface area contributed by atoms with Crippen LogP contribution in [0.2, 0.25) is 0 Å². The third-order valence-electron chi connectivity index (χ3n) is 4.57. The molecule has 4 N–H and O–H groups in total. The lowest BCUT2D eigenvalue weighted by Gasteiger charge is -2.12. The van der Waals surface area contributed by atoms with E-state index < -0.39 is 15.7 Å². The molecule has 4 rings (SSSR count). The maximum absolute atomic E-state index is 12.0. The minimum absolute atomic E-state index is 0.0563. The smallest absolute Gasteiger partial charge is 0.269 e. The number of carbonyl (C=O) groups excluding carboxylic acids is 1. The SMILES string of the molecule is CC(C)n1ncc(Nc2nc3ccc(S(C)(=O)=O)cc3c3cn[nH]c23)c1C(N)=O. The van der Waals surface area contributed by atoms with Gasteiger partial charge in [0.2, 0.25) is 0 Å². The van der Waals surface area contributed by atoms with Crippen molar-refractivity contribution in [3.63, 3.8) is 0 Å². The van der Waals surface area contributed by atoms with Crippen molar-refractivity contribution in [1.29, 1.82) is 0 Å². The molecule has 0 bridgehead atoms. The molecule has 0 aliphatic rings. The minimum atomic E-state index is -3.36. The van der Waals surface area contributed by atoms with Crippen LogP contribution in [0.1, 0.15) is 30.4 Å². The maximum atomic E-state index is 12.0. The van der Waals surface area contributed by atoms with E-state index in [1.807, 2.05) is 13.8 Å². The molecule has 11 heteroatoms. The van der Waals surface area contributed by atoms with Crippen molar-refractivity contribution >= 4 is 49.1 Å². The van der Waals surface area contributed by atoms with Crippen LogP contribution in [0, 0.1) is 0 Å². The van der Waals surface area contributed by atoms with Gasteiger partial charge in [-0.25, -0.2) is 13.4 Å². The summed E-state index contributed by atoms with van der Waals surface area (Å²) < 4.78 is 25.4. The molecular formula is C18H19N7O3S. The third kappa shape index (κ3) is 3.18. The molecular weight excluding hydrogens is 394 g/mol. The molecule has 0 saturated carbocycles. The van der Waals surface area contributed by atoms with Crippen molar-refractivity contribution in [2.75, 3.05) is 11.6 Å². The fraction of sp³-hybridized carbons (Fsp3) is 0.222. The Morgan fingerprint density at radius 3 is 2.66 bits per heavy atom. The van der Waals surface area contributed by atoms with E-state index in [9.17, 15) is 13.2 Å². The van der Waals surface area contributed by atoms with Crippen molar-refractivity contribution in [3.8, 4) is 0 Å². The predicted molar refractivity (Wildman–Crippen MR) is 109 cm³/mol. The molecule has 0 aliphatic carbocycles. The number of aromatic amines is 1. The topological polar surface area (TPSA) is 149 Å². The van der Waals surface area contributed by atoms with Gasteiger partial charge in [-0.15, -0.1) is 0 Å². The summed E-state index contributed by atoms with van der Waals surface area (Å²) >= 11 is 0. The number of aromatic nitrogens is 5. The molecule has 4 aromatic rings. The molecule has 10 nitrogen and oxygen atoms in total. The Balaban J connectivity index is 1.90. The average molecular weight is 413 g/mol. The van der Waals surface area contributed by atoms with E-state index in [2.05, 4.69) is 25.6 Å². The third-order valence-corrected chi connectivity index (χ3v) is 5.68. The molecule has 3 aromatic heterocycles. The molecule has 0 aliphatic heterocycles. The van der Waals surface area contributed by atoms with E-state index >= 15 is 0 Å². The number of pyridine rings is 1. The number of amides is 1. The second-order valence-corrected chi connectivity index (χ2v) is 9.02. The van der Waals surface area contributed by atoms with Crippen LogP contribution < -0.4 is 11.1 Å². The van der Waals surface area contributed by atoms with Gasteiger partial charge in [0.05, 0.1) is 28.5 Å². The number of sulfone groups is 1. The number of hydrogen-bond acceptors (Lipinski definition) is 7. The summed E-state index contributed by atoms with van der Waals surface area (Å²) in [7, 11) is -3.36. The molecule has 150 valence electrons. The van der Waals surface area contributed by atoms with Gasteiger partial charge in [-0.1, -0.05) is 0 Å². The minimum Gasteiger partial charge on any atom is -0.364 e. The number of benzene rings is 1. The van der Waals surface area contributed by atoms with Crippen LogP contribution >= 0.6 is 0 Å². The number of nitrogens with one attached hydrogen (secondary N) is 2. The van der Waals surface area contributed by atoms with Gasteiger partial charge in [0.25, 0.3) is 5.91 Å². The van der Waals surface area contributed by atoms with E-state index in [4.69, 9.17) is 5.73 Å². The first-order valence-electron chi connectivity index (χ1n) is 8.78. The standard InChI is InChI=1S/C18H19N7O3S/c1-9(2)25-16(17(19)26)14(8-21-25)23-18-15-12(7-20-24-15)11-6-10(29(3,27)28)4-5-13(11)22-18/h4-9H,1-3H3,(H2,19,26)(H,20,24)(H,22,23). The number of carbonyl (C=O) groups is 1. The highest BCUT2D eigenvalue weighted by Crippen LogP contribution is 2.32. The van der Waals surface area contributed by atoms with Crippen molar-refractivity contribution < 1.29 is 13.2 Å². The summed E-state index contributed by atoms with van der Waals surface area (Å²) in [6.07, 6.45) is 4.27. The molecule has 0 unspecified atom stereocenters. The quantitative estimate of drug-likeness (QED) is 0.454. The second-order valence-electron chi connectivity index (χ2n) is 7.00. The molecule has 0 saturated heterocycles. The van der Waals surface area contributed by atoms with Gasteiger partial charge in [-0.3, -0.25) is 14.6 Å². The maximum Gasteiger partial charge on any atom is 0.269 e. The van der Waals surface area contributed by atoms with E-state index in [0.717, 1.165) is 6.26 Å². The van der Waals surface area contributed by atoms with Gasteiger partial charge in [-0.2, -0.15) is 10.2 Å². The van der Waals surface area contributed by atoms with E-state index in [-0.39, 0.29) is 16.6 Å². The first kappa shape index (κ1) is 18.9. The first-order chi connectivity index (χ1) is 13.7. The van der Waals surface area contributed by atoms with Gasteiger partial charge in [0, 0.05) is 23.1 Å². The summed E-state index contributed by atoms with van der Waals surface area (Å²) in [6.45, 7) is 3.79. The molecule has 3 heterocycles. The number of anilines is 2. The zero-order valence-electron chi connectivity index (χ0n) is 16.0. The number of primary amides is 1. The Hall–Kier alpha value is -3.47. The van der Waals surface area contributed by atoms with Crippen molar-refractivity contribution in [2.24, 2.45) is 5.73 Å². The normalized spacial score (nSPS) is 12.1. The molecule has 1 amide bonds. The zero-order valence-corrected chi connectivity index (χ0v) is 16.8. The molecule has 29 heavy (non-hydrogen) atoms. The van der Waals surface area contributed by atoms with Crippen LogP contribution in [0.3, 0.4) is 0 Å². The fourth-order valence-corrected chi connectivity index (χ4v) is 3.86. The van der Waals surface area contributed by atoms with Crippen LogP contribution in [0.4, 0.5) is 11.5 Å². The molecule has 0 fully saturated rings. The number of hydrogen-bond donors (Lipinski definition) is 3. The number of nitrogens with two attached hydrogens (primary N) is 1. The number of H-pyrrole nitrogens is 1. The van der Waals surface area contributed by atoms with Crippen LogP contribution in [-0.4, -0.2) is 45.5 Å². The van der Waals surface area contributed by atoms with Gasteiger partial charge >= 0.3 is 0 Å². The lowest BCUT2D eigenvalue weighted by molar-refractivity contribution is 0.0989. The summed E-state index contributed by atoms with van der Waals surface area (Å²) in [5, 5.41) is 15.6. The zero-order chi connectivity index (χ0) is 20.9. The van der Waals surface area contributed by atoms with Crippen LogP contribution in [0.5, 0.6) is 0 Å². The Kier molecular flexibility index (Phi) is 4.26. The Labute approximate surface area is 166 Å². The first-order valence-corrected chi connectivity index (χ1v) is 10.7. The van der Waals surface area contributed by atoms with Crippen molar-refractivity contribution in [2.45, 2.75) is 24.8 Å². The Bertz CT molecular complexity index is 1370. The highest BCUT2D eigenvalue weighted by atomic mass is 32.2. The van der Waals surface area contributed by atoms with Gasteiger partial charge in [0.1, 0.15) is 11.2 Å². The Morgan fingerprint density at radius 1 is 1.24 bits per heavy atom. The van der Waals surface area contributed by atoms with Crippen LogP contribution in [-0.2, 0) is 9.84 Å². The largest absolute Gasteiger partial charge is 0.364 e. The molecule has 0 radical (unpaired) electrons. The summed E-state index contributed by atoms with van der Waals surface area (Å²) in [4.78, 5) is 16.8. The monoisotopic (exact) mass is 413 g/mol.